The van der Waals surface area contributed by atoms with Crippen LogP contribution in [0, 0.1) is 11.3 Å². The number of benzene rings is 2. The molecule has 28 heavy (non-hydrogen) atoms. The Bertz CT molecular complexity index is 891. The summed E-state index contributed by atoms with van der Waals surface area (Å²) in [6.07, 6.45) is 0. The van der Waals surface area contributed by atoms with E-state index in [0.717, 1.165) is 22.4 Å². The Balaban J connectivity index is 2.02. The normalized spacial score (nSPS) is 21.1. The van der Waals surface area contributed by atoms with Crippen LogP contribution in [0.3, 0.4) is 0 Å². The van der Waals surface area contributed by atoms with Gasteiger partial charge in [-0.05, 0) is 31.3 Å². The molecule has 1 amide bonds. The molecule has 146 valence electrons. The molecule has 2 aromatic carbocycles. The molecule has 0 unspecified atom stereocenters. The molecule has 0 bridgehead atoms. The number of methoxy groups -OCH3 is 1. The van der Waals surface area contributed by atoms with Crippen LogP contribution in [-0.2, 0) is 4.79 Å². The average molecular weight is 379 g/mol. The number of likely N-dealkylation sites (tertiary alicyclic amines) is 1. The lowest BCUT2D eigenvalue weighted by Crippen LogP contribution is -2.66. The molecular formula is C22H25N3O3. The third-order valence-electron chi connectivity index (χ3n) is 5.19. The van der Waals surface area contributed by atoms with Crippen LogP contribution < -0.4 is 4.74 Å². The number of aliphatic hydroxyl groups excluding tert-OH is 1. The average Bonchev–Trinajstić information content (AvgIpc) is 2.67. The fraction of sp³-hybridized carbons (Fsp3) is 0.364. The van der Waals surface area contributed by atoms with Crippen molar-refractivity contribution in [2.24, 2.45) is 0 Å². The van der Waals surface area contributed by atoms with E-state index in [1.54, 1.807) is 12.0 Å². The van der Waals surface area contributed by atoms with Gasteiger partial charge in [0.1, 0.15) is 11.8 Å². The van der Waals surface area contributed by atoms with E-state index in [-0.39, 0.29) is 25.0 Å². The summed E-state index contributed by atoms with van der Waals surface area (Å²) in [5.41, 5.74) is 2.81. The minimum Gasteiger partial charge on any atom is -0.496 e. The second-order valence-electron chi connectivity index (χ2n) is 7.18. The highest BCUT2D eigenvalue weighted by Crippen LogP contribution is 2.45. The molecule has 6 heteroatoms. The van der Waals surface area contributed by atoms with Crippen molar-refractivity contribution in [2.45, 2.75) is 18.0 Å². The first kappa shape index (κ1) is 19.9. The number of nitriles is 1. The Kier molecular flexibility index (Phi) is 5.98. The molecule has 3 rings (SSSR count). The van der Waals surface area contributed by atoms with Gasteiger partial charge in [0.25, 0.3) is 0 Å². The van der Waals surface area contributed by atoms with Gasteiger partial charge in [-0.15, -0.1) is 0 Å². The summed E-state index contributed by atoms with van der Waals surface area (Å²) in [5.74, 6) is 0.327. The fourth-order valence-electron chi connectivity index (χ4n) is 3.98. The number of likely N-dealkylation sites (N-methyl/N-ethyl adjacent to an activating group) is 1. The Morgan fingerprint density at radius 2 is 1.82 bits per heavy atom. The van der Waals surface area contributed by atoms with Crippen LogP contribution in [0.2, 0.25) is 0 Å². The van der Waals surface area contributed by atoms with Crippen LogP contribution in [0.15, 0.2) is 48.5 Å². The van der Waals surface area contributed by atoms with Crippen LogP contribution >= 0.6 is 0 Å². The molecule has 1 saturated heterocycles. The maximum atomic E-state index is 12.6. The van der Waals surface area contributed by atoms with Gasteiger partial charge in [-0.1, -0.05) is 42.5 Å². The number of carbonyl (C=O) groups excluding carboxylic acids is 1. The van der Waals surface area contributed by atoms with Crippen molar-refractivity contribution < 1.29 is 14.6 Å². The van der Waals surface area contributed by atoms with Gasteiger partial charge in [0.2, 0.25) is 5.91 Å². The van der Waals surface area contributed by atoms with Gasteiger partial charge < -0.3 is 19.6 Å². The molecule has 1 fully saturated rings. The van der Waals surface area contributed by atoms with Gasteiger partial charge in [0.15, 0.2) is 0 Å². The molecule has 1 aliphatic rings. The zero-order valence-corrected chi connectivity index (χ0v) is 16.4. The third-order valence-corrected chi connectivity index (χ3v) is 5.19. The lowest BCUT2D eigenvalue weighted by molar-refractivity contribution is -0.147. The predicted molar refractivity (Wildman–Crippen MR) is 107 cm³/mol. The van der Waals surface area contributed by atoms with Gasteiger partial charge in [-0.3, -0.25) is 4.79 Å². The van der Waals surface area contributed by atoms with E-state index in [0.29, 0.717) is 0 Å². The minimum atomic E-state index is -0.611. The highest BCUT2D eigenvalue weighted by atomic mass is 16.5. The monoisotopic (exact) mass is 379 g/mol. The number of ether oxygens (including phenoxy) is 1. The number of carbonyl (C=O) groups is 1. The first-order valence-corrected chi connectivity index (χ1v) is 9.22. The highest BCUT2D eigenvalue weighted by molar-refractivity contribution is 5.82. The van der Waals surface area contributed by atoms with Gasteiger partial charge in [0.05, 0.1) is 32.4 Å². The van der Waals surface area contributed by atoms with E-state index < -0.39 is 12.1 Å². The van der Waals surface area contributed by atoms with Crippen LogP contribution in [0.25, 0.3) is 11.1 Å². The summed E-state index contributed by atoms with van der Waals surface area (Å²) in [6.45, 7) is 0.0117. The van der Waals surface area contributed by atoms with Crippen molar-refractivity contribution in [3.8, 4) is 22.9 Å². The van der Waals surface area contributed by atoms with Crippen molar-refractivity contribution in [3.05, 3.63) is 54.1 Å². The maximum absolute atomic E-state index is 12.6. The largest absolute Gasteiger partial charge is 0.496 e. The van der Waals surface area contributed by atoms with Crippen LogP contribution in [-0.4, -0.2) is 67.3 Å². The summed E-state index contributed by atoms with van der Waals surface area (Å²) < 4.78 is 5.51. The second kappa shape index (κ2) is 8.42. The lowest BCUT2D eigenvalue weighted by Gasteiger charge is -2.52. The van der Waals surface area contributed by atoms with E-state index in [9.17, 15) is 15.2 Å². The quantitative estimate of drug-likeness (QED) is 0.832. The molecule has 3 atom stereocenters. The third kappa shape index (κ3) is 3.47. The van der Waals surface area contributed by atoms with Gasteiger partial charge >= 0.3 is 0 Å². The van der Waals surface area contributed by atoms with Crippen LogP contribution in [0.4, 0.5) is 0 Å². The van der Waals surface area contributed by atoms with E-state index in [2.05, 4.69) is 6.07 Å². The molecule has 0 radical (unpaired) electrons. The Morgan fingerprint density at radius 1 is 1.18 bits per heavy atom. The maximum Gasteiger partial charge on any atom is 0.238 e. The van der Waals surface area contributed by atoms with Crippen molar-refractivity contribution in [1.29, 1.82) is 5.26 Å². The number of rotatable bonds is 6. The van der Waals surface area contributed by atoms with Crippen LogP contribution in [0.5, 0.6) is 5.75 Å². The first-order chi connectivity index (χ1) is 13.5. The number of amides is 1. The van der Waals surface area contributed by atoms with E-state index >= 15 is 0 Å². The number of hydrogen-bond acceptors (Lipinski definition) is 5. The molecule has 6 nitrogen and oxygen atoms in total. The summed E-state index contributed by atoms with van der Waals surface area (Å²) >= 11 is 0. The molecule has 0 aromatic heterocycles. The van der Waals surface area contributed by atoms with Gasteiger partial charge in [0, 0.05) is 11.5 Å². The molecule has 2 aromatic rings. The topological polar surface area (TPSA) is 76.8 Å². The number of para-hydroxylation sites is 1. The van der Waals surface area contributed by atoms with Crippen molar-refractivity contribution in [2.75, 3.05) is 34.4 Å². The molecule has 0 aliphatic carbocycles. The zero-order valence-electron chi connectivity index (χ0n) is 16.4. The Hall–Kier alpha value is -2.88. The fourth-order valence-corrected chi connectivity index (χ4v) is 3.98. The first-order valence-electron chi connectivity index (χ1n) is 9.22. The number of hydrogen-bond donors (Lipinski definition) is 1. The SMILES string of the molecule is COc1ccccc1-c1ccccc1[C@H]1[C@H](C#N)N(C(=O)CN(C)C)[C@H]1CO. The molecule has 0 spiro atoms. The predicted octanol–water partition coefficient (Wildman–Crippen LogP) is 2.10. The van der Waals surface area contributed by atoms with Crippen LogP contribution in [0.1, 0.15) is 11.5 Å². The smallest absolute Gasteiger partial charge is 0.238 e. The lowest BCUT2D eigenvalue weighted by atomic mass is 9.73. The van der Waals surface area contributed by atoms with E-state index in [1.165, 1.54) is 4.90 Å². The van der Waals surface area contributed by atoms with Gasteiger partial charge in [-0.25, -0.2) is 0 Å². The highest BCUT2D eigenvalue weighted by Gasteiger charge is 2.52. The molecule has 1 heterocycles. The summed E-state index contributed by atoms with van der Waals surface area (Å²) in [4.78, 5) is 15.9. The van der Waals surface area contributed by atoms with Crippen molar-refractivity contribution in [3.63, 3.8) is 0 Å². The van der Waals surface area contributed by atoms with Crippen molar-refractivity contribution in [1.82, 2.24) is 9.80 Å². The second-order valence-corrected chi connectivity index (χ2v) is 7.18. The molecule has 1 aliphatic heterocycles. The number of nitrogens with zero attached hydrogens (tertiary/aromatic N) is 3. The van der Waals surface area contributed by atoms with E-state index in [1.807, 2.05) is 62.6 Å². The van der Waals surface area contributed by atoms with E-state index in [4.69, 9.17) is 4.74 Å². The molecule has 0 saturated carbocycles. The van der Waals surface area contributed by atoms with Gasteiger partial charge in [-0.2, -0.15) is 5.26 Å². The summed E-state index contributed by atoms with van der Waals surface area (Å²) in [7, 11) is 5.24. The van der Waals surface area contributed by atoms with Crippen molar-refractivity contribution >= 4 is 5.91 Å². The Morgan fingerprint density at radius 3 is 2.43 bits per heavy atom. The molecule has 1 N–H and O–H groups in total. The zero-order chi connectivity index (χ0) is 20.3. The Labute approximate surface area is 165 Å². The minimum absolute atomic E-state index is 0.151. The summed E-state index contributed by atoms with van der Waals surface area (Å²) in [6, 6.07) is 16.8. The molecular weight excluding hydrogens is 354 g/mol. The summed E-state index contributed by atoms with van der Waals surface area (Å²) in [5, 5.41) is 19.8. The standard InChI is InChI=1S/C22H25N3O3/c1-24(2)13-21(27)25-18(12-23)22(19(25)14-26)17-10-5-4-8-15(17)16-9-6-7-11-20(16)28-3/h4-11,18-19,22,26H,13-14H2,1-3H3/t18-,19-,22-/m0/s1. The number of aliphatic hydroxyl groups is 1.